The van der Waals surface area contributed by atoms with Crippen molar-refractivity contribution in [1.82, 2.24) is 5.32 Å². The average molecular weight is 337 g/mol. The third-order valence-corrected chi connectivity index (χ3v) is 4.24. The second-order valence-electron chi connectivity index (χ2n) is 6.69. The number of carbonyl (C=O) groups excluding carboxylic acids is 2. The van der Waals surface area contributed by atoms with Crippen LogP contribution in [-0.4, -0.2) is 24.0 Å². The summed E-state index contributed by atoms with van der Waals surface area (Å²) >= 11 is 0. The van der Waals surface area contributed by atoms with Gasteiger partial charge in [0.2, 0.25) is 0 Å². The van der Waals surface area contributed by atoms with E-state index in [1.54, 1.807) is 24.3 Å². The van der Waals surface area contributed by atoms with Crippen LogP contribution in [0.3, 0.4) is 0 Å². The first kappa shape index (κ1) is 17.0. The maximum Gasteiger partial charge on any atom is 0.319 e. The van der Waals surface area contributed by atoms with Gasteiger partial charge in [0.05, 0.1) is 0 Å². The summed E-state index contributed by atoms with van der Waals surface area (Å²) in [5.74, 6) is -0.0179. The van der Waals surface area contributed by atoms with Gasteiger partial charge in [0, 0.05) is 29.0 Å². The van der Waals surface area contributed by atoms with Crippen molar-refractivity contribution in [1.29, 1.82) is 0 Å². The molecule has 3 rings (SSSR count). The molecule has 2 aromatic rings. The van der Waals surface area contributed by atoms with Gasteiger partial charge in [-0.05, 0) is 63.1 Å². The normalized spacial score (nSPS) is 15.8. The Labute approximate surface area is 148 Å². The lowest BCUT2D eigenvalue weighted by Crippen LogP contribution is -2.35. The number of anilines is 2. The first-order chi connectivity index (χ1) is 12.0. The van der Waals surface area contributed by atoms with Crippen molar-refractivity contribution < 1.29 is 9.59 Å². The van der Waals surface area contributed by atoms with Gasteiger partial charge in [-0.15, -0.1) is 0 Å². The molecule has 0 radical (unpaired) electrons. The van der Waals surface area contributed by atoms with Gasteiger partial charge in [-0.25, -0.2) is 4.79 Å². The van der Waals surface area contributed by atoms with Crippen LogP contribution in [0.4, 0.5) is 16.2 Å². The standard InChI is InChI=1S/C20H23N3O2/c1-13(2)21-20(25)22-17-10-8-15(9-11-17)19(24)23-14(3)12-16-6-4-5-7-18(16)23/h4-11,13-14H,12H2,1-3H3,(H2,21,22,25)/t14-/m1/s1. The second kappa shape index (κ2) is 6.97. The fourth-order valence-electron chi connectivity index (χ4n) is 3.14. The fraction of sp³-hybridized carbons (Fsp3) is 0.300. The van der Waals surface area contributed by atoms with E-state index in [0.717, 1.165) is 12.1 Å². The zero-order chi connectivity index (χ0) is 18.0. The molecule has 25 heavy (non-hydrogen) atoms. The van der Waals surface area contributed by atoms with E-state index in [4.69, 9.17) is 0 Å². The molecule has 1 aliphatic heterocycles. The monoisotopic (exact) mass is 337 g/mol. The van der Waals surface area contributed by atoms with Gasteiger partial charge in [0.1, 0.15) is 0 Å². The molecule has 2 aromatic carbocycles. The minimum absolute atomic E-state index is 0.0179. The molecule has 0 bridgehead atoms. The highest BCUT2D eigenvalue weighted by Crippen LogP contribution is 2.33. The predicted octanol–water partition coefficient (Wildman–Crippen LogP) is 3.81. The number of nitrogens with one attached hydrogen (secondary N) is 2. The Hall–Kier alpha value is -2.82. The zero-order valence-electron chi connectivity index (χ0n) is 14.7. The number of para-hydroxylation sites is 1. The van der Waals surface area contributed by atoms with Crippen molar-refractivity contribution >= 4 is 23.3 Å². The maximum absolute atomic E-state index is 12.9. The van der Waals surface area contributed by atoms with Crippen molar-refractivity contribution in [2.75, 3.05) is 10.2 Å². The molecule has 0 saturated carbocycles. The molecule has 1 atom stereocenters. The molecule has 0 spiro atoms. The van der Waals surface area contributed by atoms with Gasteiger partial charge < -0.3 is 15.5 Å². The number of urea groups is 1. The van der Waals surface area contributed by atoms with Crippen molar-refractivity contribution in [2.24, 2.45) is 0 Å². The van der Waals surface area contributed by atoms with Gasteiger partial charge in [-0.3, -0.25) is 4.79 Å². The largest absolute Gasteiger partial charge is 0.336 e. The molecule has 0 unspecified atom stereocenters. The number of carbonyl (C=O) groups is 2. The van der Waals surface area contributed by atoms with Gasteiger partial charge in [-0.1, -0.05) is 18.2 Å². The molecule has 1 aliphatic rings. The molecule has 0 fully saturated rings. The summed E-state index contributed by atoms with van der Waals surface area (Å²) < 4.78 is 0. The van der Waals surface area contributed by atoms with E-state index in [1.807, 2.05) is 36.9 Å². The lowest BCUT2D eigenvalue weighted by atomic mass is 10.1. The zero-order valence-corrected chi connectivity index (χ0v) is 14.7. The fourth-order valence-corrected chi connectivity index (χ4v) is 3.14. The number of hydrogen-bond acceptors (Lipinski definition) is 2. The second-order valence-corrected chi connectivity index (χ2v) is 6.69. The van der Waals surface area contributed by atoms with Crippen LogP contribution in [0.15, 0.2) is 48.5 Å². The van der Waals surface area contributed by atoms with Crippen molar-refractivity contribution in [3.8, 4) is 0 Å². The summed E-state index contributed by atoms with van der Waals surface area (Å²) in [7, 11) is 0. The van der Waals surface area contributed by atoms with E-state index in [1.165, 1.54) is 5.56 Å². The molecule has 2 N–H and O–H groups in total. The van der Waals surface area contributed by atoms with Gasteiger partial charge in [0.25, 0.3) is 5.91 Å². The molecule has 5 nitrogen and oxygen atoms in total. The molecule has 5 heteroatoms. The Bertz CT molecular complexity index is 784. The highest BCUT2D eigenvalue weighted by atomic mass is 16.2. The molecule has 0 aromatic heterocycles. The minimum atomic E-state index is -0.254. The first-order valence-electron chi connectivity index (χ1n) is 8.54. The molecule has 3 amide bonds. The predicted molar refractivity (Wildman–Crippen MR) is 100 cm³/mol. The van der Waals surface area contributed by atoms with Crippen LogP contribution in [0.2, 0.25) is 0 Å². The first-order valence-corrected chi connectivity index (χ1v) is 8.54. The van der Waals surface area contributed by atoms with E-state index in [9.17, 15) is 9.59 Å². The Morgan fingerprint density at radius 1 is 1.08 bits per heavy atom. The Balaban J connectivity index is 1.74. The number of hydrogen-bond donors (Lipinski definition) is 2. The third-order valence-electron chi connectivity index (χ3n) is 4.24. The highest BCUT2D eigenvalue weighted by Gasteiger charge is 2.31. The summed E-state index contributed by atoms with van der Waals surface area (Å²) in [6.07, 6.45) is 0.872. The lowest BCUT2D eigenvalue weighted by molar-refractivity contribution is 0.0981. The SMILES string of the molecule is CC(C)NC(=O)Nc1ccc(C(=O)N2c3ccccc3C[C@H]2C)cc1. The summed E-state index contributed by atoms with van der Waals surface area (Å²) in [5.41, 5.74) is 3.45. The summed E-state index contributed by atoms with van der Waals surface area (Å²) in [6, 6.07) is 15.0. The molecular formula is C20H23N3O2. The Morgan fingerprint density at radius 3 is 2.44 bits per heavy atom. The number of amides is 3. The average Bonchev–Trinajstić information content (AvgIpc) is 2.89. The number of rotatable bonds is 3. The van der Waals surface area contributed by atoms with Gasteiger partial charge in [0.15, 0.2) is 0 Å². The molecule has 0 saturated heterocycles. The lowest BCUT2D eigenvalue weighted by Gasteiger charge is -2.23. The smallest absolute Gasteiger partial charge is 0.319 e. The van der Waals surface area contributed by atoms with Crippen LogP contribution in [0, 0.1) is 0 Å². The van der Waals surface area contributed by atoms with Crippen molar-refractivity contribution in [3.05, 3.63) is 59.7 Å². The number of nitrogens with zero attached hydrogens (tertiary/aromatic N) is 1. The quantitative estimate of drug-likeness (QED) is 0.895. The van der Waals surface area contributed by atoms with Crippen LogP contribution in [-0.2, 0) is 6.42 Å². The summed E-state index contributed by atoms with van der Waals surface area (Å²) in [6.45, 7) is 5.86. The van der Waals surface area contributed by atoms with Gasteiger partial charge in [-0.2, -0.15) is 0 Å². The van der Waals surface area contributed by atoms with E-state index in [0.29, 0.717) is 11.3 Å². The van der Waals surface area contributed by atoms with Crippen LogP contribution in [0.5, 0.6) is 0 Å². The van der Waals surface area contributed by atoms with E-state index >= 15 is 0 Å². The Morgan fingerprint density at radius 2 is 1.76 bits per heavy atom. The molecule has 0 aliphatic carbocycles. The Kier molecular flexibility index (Phi) is 4.74. The van der Waals surface area contributed by atoms with Crippen LogP contribution in [0.25, 0.3) is 0 Å². The van der Waals surface area contributed by atoms with E-state index in [2.05, 4.69) is 23.6 Å². The maximum atomic E-state index is 12.9. The van der Waals surface area contributed by atoms with Crippen LogP contribution in [0.1, 0.15) is 36.7 Å². The van der Waals surface area contributed by atoms with Crippen LogP contribution < -0.4 is 15.5 Å². The van der Waals surface area contributed by atoms with E-state index in [-0.39, 0.29) is 24.0 Å². The van der Waals surface area contributed by atoms with Gasteiger partial charge >= 0.3 is 6.03 Å². The van der Waals surface area contributed by atoms with Crippen molar-refractivity contribution in [3.63, 3.8) is 0 Å². The molecule has 130 valence electrons. The van der Waals surface area contributed by atoms with Crippen LogP contribution >= 0.6 is 0 Å². The number of fused-ring (bicyclic) bond motifs is 1. The topological polar surface area (TPSA) is 61.4 Å². The molecule has 1 heterocycles. The van der Waals surface area contributed by atoms with Crippen molar-refractivity contribution in [2.45, 2.75) is 39.3 Å². The summed E-state index contributed by atoms with van der Waals surface area (Å²) in [4.78, 5) is 26.5. The molecular weight excluding hydrogens is 314 g/mol. The highest BCUT2D eigenvalue weighted by molar-refractivity contribution is 6.08. The van der Waals surface area contributed by atoms with E-state index < -0.39 is 0 Å². The number of benzene rings is 2. The minimum Gasteiger partial charge on any atom is -0.336 e. The third kappa shape index (κ3) is 3.65. The summed E-state index contributed by atoms with van der Waals surface area (Å²) in [5, 5.41) is 5.52.